The van der Waals surface area contributed by atoms with Gasteiger partial charge in [0.25, 0.3) is 5.91 Å². The minimum Gasteiger partial charge on any atom is -0.333 e. The highest BCUT2D eigenvalue weighted by Gasteiger charge is 2.26. The molecular formula is C16H20N6O2S. The first-order chi connectivity index (χ1) is 11.8. The number of thiazole rings is 1. The molecule has 3 amide bonds. The third-order valence-electron chi connectivity index (χ3n) is 3.52. The lowest BCUT2D eigenvalue weighted by Gasteiger charge is -2.30. The zero-order valence-corrected chi connectivity index (χ0v) is 15.2. The first kappa shape index (κ1) is 17.3. The standard InChI is InChI=1S/C16H20N6O2S/c1-16(2,3)21-15(24)22-7-4-10-12(9-22)25-14(19-10)20-13(23)11-8-17-5-6-18-11/h5-6,8H,4,7,9H2,1-3H3,(H,21,24)(H,19,20,23). The number of aromatic nitrogens is 3. The molecule has 2 aromatic rings. The molecule has 9 heteroatoms. The van der Waals surface area contributed by atoms with Gasteiger partial charge in [-0.15, -0.1) is 0 Å². The predicted octanol–water partition coefficient (Wildman–Crippen LogP) is 2.05. The van der Waals surface area contributed by atoms with Gasteiger partial charge in [0.1, 0.15) is 5.69 Å². The first-order valence-corrected chi connectivity index (χ1v) is 8.76. The summed E-state index contributed by atoms with van der Waals surface area (Å²) in [4.78, 5) is 39.5. The molecule has 0 aliphatic carbocycles. The minimum absolute atomic E-state index is 0.0864. The van der Waals surface area contributed by atoms with Gasteiger partial charge < -0.3 is 10.2 Å². The number of fused-ring (bicyclic) bond motifs is 1. The molecule has 2 aromatic heterocycles. The molecule has 3 rings (SSSR count). The van der Waals surface area contributed by atoms with Crippen LogP contribution < -0.4 is 10.6 Å². The van der Waals surface area contributed by atoms with E-state index in [1.807, 2.05) is 20.8 Å². The summed E-state index contributed by atoms with van der Waals surface area (Å²) in [6.07, 6.45) is 5.05. The van der Waals surface area contributed by atoms with Crippen LogP contribution in [-0.4, -0.2) is 43.9 Å². The Kier molecular flexibility index (Phi) is 4.67. The molecule has 0 bridgehead atoms. The Hall–Kier alpha value is -2.55. The van der Waals surface area contributed by atoms with Crippen molar-refractivity contribution in [1.29, 1.82) is 0 Å². The van der Waals surface area contributed by atoms with Crippen LogP contribution in [0.4, 0.5) is 9.93 Å². The summed E-state index contributed by atoms with van der Waals surface area (Å²) >= 11 is 1.38. The number of hydrogen-bond acceptors (Lipinski definition) is 6. The fraction of sp³-hybridized carbons (Fsp3) is 0.438. The zero-order chi connectivity index (χ0) is 18.0. The molecule has 0 radical (unpaired) electrons. The lowest BCUT2D eigenvalue weighted by molar-refractivity contribution is 0.102. The lowest BCUT2D eigenvalue weighted by Crippen LogP contribution is -2.49. The zero-order valence-electron chi connectivity index (χ0n) is 14.4. The van der Waals surface area contributed by atoms with Crippen molar-refractivity contribution in [1.82, 2.24) is 25.2 Å². The van der Waals surface area contributed by atoms with Crippen LogP contribution >= 0.6 is 11.3 Å². The van der Waals surface area contributed by atoms with Crippen LogP contribution in [0.1, 0.15) is 41.8 Å². The summed E-state index contributed by atoms with van der Waals surface area (Å²) in [5, 5.41) is 6.22. The van der Waals surface area contributed by atoms with Crippen molar-refractivity contribution in [3.05, 3.63) is 34.9 Å². The number of anilines is 1. The van der Waals surface area contributed by atoms with Gasteiger partial charge in [-0.2, -0.15) is 0 Å². The summed E-state index contributed by atoms with van der Waals surface area (Å²) in [5.41, 5.74) is 0.891. The predicted molar refractivity (Wildman–Crippen MR) is 94.5 cm³/mol. The molecule has 0 spiro atoms. The maximum Gasteiger partial charge on any atom is 0.318 e. The number of carbonyl (C=O) groups excluding carboxylic acids is 2. The molecule has 2 N–H and O–H groups in total. The number of carbonyl (C=O) groups is 2. The molecule has 1 aliphatic rings. The molecule has 25 heavy (non-hydrogen) atoms. The number of urea groups is 1. The van der Waals surface area contributed by atoms with Gasteiger partial charge in [-0.3, -0.25) is 15.1 Å². The first-order valence-electron chi connectivity index (χ1n) is 7.95. The number of nitrogens with one attached hydrogen (secondary N) is 2. The van der Waals surface area contributed by atoms with Gasteiger partial charge in [0, 0.05) is 35.8 Å². The third kappa shape index (κ3) is 4.30. The van der Waals surface area contributed by atoms with Gasteiger partial charge in [-0.25, -0.2) is 14.8 Å². The molecule has 1 aliphatic heterocycles. The van der Waals surface area contributed by atoms with Crippen LogP contribution in [0.15, 0.2) is 18.6 Å². The molecule has 3 heterocycles. The van der Waals surface area contributed by atoms with Crippen molar-refractivity contribution in [2.75, 3.05) is 11.9 Å². The summed E-state index contributed by atoms with van der Waals surface area (Å²) in [6, 6.07) is -0.0864. The highest BCUT2D eigenvalue weighted by Crippen LogP contribution is 2.28. The molecule has 0 saturated carbocycles. The van der Waals surface area contributed by atoms with Gasteiger partial charge in [-0.05, 0) is 20.8 Å². The molecule has 0 atom stereocenters. The Bertz CT molecular complexity index is 784. The fourth-order valence-corrected chi connectivity index (χ4v) is 3.42. The number of nitrogens with zero attached hydrogens (tertiary/aromatic N) is 4. The molecule has 0 saturated heterocycles. The Morgan fingerprint density at radius 3 is 2.76 bits per heavy atom. The minimum atomic E-state index is -0.346. The van der Waals surface area contributed by atoms with Crippen molar-refractivity contribution in [2.45, 2.75) is 39.3 Å². The van der Waals surface area contributed by atoms with Gasteiger partial charge in [0.2, 0.25) is 0 Å². The molecule has 0 unspecified atom stereocenters. The van der Waals surface area contributed by atoms with Crippen molar-refractivity contribution in [3.63, 3.8) is 0 Å². The summed E-state index contributed by atoms with van der Waals surface area (Å²) < 4.78 is 0. The quantitative estimate of drug-likeness (QED) is 0.854. The van der Waals surface area contributed by atoms with Crippen molar-refractivity contribution in [2.24, 2.45) is 0 Å². The Labute approximate surface area is 149 Å². The Balaban J connectivity index is 1.67. The van der Waals surface area contributed by atoms with Crippen molar-refractivity contribution < 1.29 is 9.59 Å². The van der Waals surface area contributed by atoms with Gasteiger partial charge in [0.05, 0.1) is 18.4 Å². The van der Waals surface area contributed by atoms with E-state index in [0.29, 0.717) is 24.6 Å². The second-order valence-corrected chi connectivity index (χ2v) is 7.87. The van der Waals surface area contributed by atoms with E-state index < -0.39 is 0 Å². The monoisotopic (exact) mass is 360 g/mol. The number of amides is 3. The van der Waals surface area contributed by atoms with Crippen LogP contribution in [0.3, 0.4) is 0 Å². The number of hydrogen-bond donors (Lipinski definition) is 2. The van der Waals surface area contributed by atoms with Gasteiger partial charge in [0.15, 0.2) is 5.13 Å². The topological polar surface area (TPSA) is 100 Å². The highest BCUT2D eigenvalue weighted by atomic mass is 32.1. The largest absolute Gasteiger partial charge is 0.333 e. The fourth-order valence-electron chi connectivity index (χ4n) is 2.40. The molecule has 0 aromatic carbocycles. The smallest absolute Gasteiger partial charge is 0.318 e. The Morgan fingerprint density at radius 2 is 2.08 bits per heavy atom. The number of rotatable bonds is 2. The molecular weight excluding hydrogens is 340 g/mol. The second-order valence-electron chi connectivity index (χ2n) is 6.79. The third-order valence-corrected chi connectivity index (χ3v) is 4.51. The van der Waals surface area contributed by atoms with Crippen molar-refractivity contribution in [3.8, 4) is 0 Å². The van der Waals surface area contributed by atoms with Crippen LogP contribution in [0.5, 0.6) is 0 Å². The van der Waals surface area contributed by atoms with Crippen LogP contribution in [0.25, 0.3) is 0 Å². The van der Waals surface area contributed by atoms with E-state index in [0.717, 1.165) is 10.6 Å². The maximum absolute atomic E-state index is 12.3. The molecule has 0 fully saturated rings. The molecule has 8 nitrogen and oxygen atoms in total. The average Bonchev–Trinajstić information content (AvgIpc) is 2.95. The van der Waals surface area contributed by atoms with E-state index in [9.17, 15) is 9.59 Å². The maximum atomic E-state index is 12.3. The van der Waals surface area contributed by atoms with E-state index in [1.165, 1.54) is 29.9 Å². The second kappa shape index (κ2) is 6.75. The summed E-state index contributed by atoms with van der Waals surface area (Å²) in [6.45, 7) is 6.96. The van der Waals surface area contributed by atoms with E-state index in [1.54, 1.807) is 4.90 Å². The van der Waals surface area contributed by atoms with Crippen LogP contribution in [0, 0.1) is 0 Å². The Morgan fingerprint density at radius 1 is 1.28 bits per heavy atom. The SMILES string of the molecule is CC(C)(C)NC(=O)N1CCc2nc(NC(=O)c3cnccn3)sc2C1. The van der Waals surface area contributed by atoms with E-state index in [4.69, 9.17) is 0 Å². The molecule has 132 valence electrons. The van der Waals surface area contributed by atoms with E-state index in [2.05, 4.69) is 25.6 Å². The van der Waals surface area contributed by atoms with E-state index >= 15 is 0 Å². The average molecular weight is 360 g/mol. The van der Waals surface area contributed by atoms with Gasteiger partial charge in [-0.1, -0.05) is 11.3 Å². The van der Waals surface area contributed by atoms with Crippen LogP contribution in [0.2, 0.25) is 0 Å². The normalized spacial score (nSPS) is 14.0. The lowest BCUT2D eigenvalue weighted by atomic mass is 10.1. The van der Waals surface area contributed by atoms with Crippen LogP contribution in [-0.2, 0) is 13.0 Å². The summed E-state index contributed by atoms with van der Waals surface area (Å²) in [7, 11) is 0. The van der Waals surface area contributed by atoms with E-state index in [-0.39, 0.29) is 23.2 Å². The van der Waals surface area contributed by atoms with Gasteiger partial charge >= 0.3 is 6.03 Å². The highest BCUT2D eigenvalue weighted by molar-refractivity contribution is 7.15. The summed E-state index contributed by atoms with van der Waals surface area (Å²) in [5.74, 6) is -0.346. The van der Waals surface area contributed by atoms with Crippen molar-refractivity contribution >= 4 is 28.4 Å².